The second kappa shape index (κ2) is 6.57. The van der Waals surface area contributed by atoms with Crippen molar-refractivity contribution in [1.29, 1.82) is 0 Å². The van der Waals surface area contributed by atoms with Crippen LogP contribution >= 0.6 is 15.9 Å². The lowest BCUT2D eigenvalue weighted by atomic mass is 10.3. The molecule has 0 bridgehead atoms. The van der Waals surface area contributed by atoms with Crippen LogP contribution in [0.5, 0.6) is 0 Å². The summed E-state index contributed by atoms with van der Waals surface area (Å²) in [4.78, 5) is 9.09. The predicted octanol–water partition coefficient (Wildman–Crippen LogP) is 1.81. The first-order valence-electron chi connectivity index (χ1n) is 5.35. The van der Waals surface area contributed by atoms with E-state index in [2.05, 4.69) is 20.7 Å². The zero-order valence-corrected chi connectivity index (χ0v) is 13.0. The summed E-state index contributed by atoms with van der Waals surface area (Å²) in [6.45, 7) is 1.53. The van der Waals surface area contributed by atoms with E-state index in [9.17, 15) is 22.9 Å². The molecule has 0 aromatic heterocycles. The van der Waals surface area contributed by atoms with E-state index >= 15 is 0 Å². The van der Waals surface area contributed by atoms with Crippen LogP contribution in [-0.4, -0.2) is 33.1 Å². The van der Waals surface area contributed by atoms with E-state index in [0.29, 0.717) is 6.07 Å². The second-order valence-corrected chi connectivity index (χ2v) is 6.48. The molecule has 7 nitrogen and oxygen atoms in total. The number of hydrogen-bond acceptors (Lipinski definition) is 5. The third kappa shape index (κ3) is 3.95. The minimum atomic E-state index is -4.21. The molecule has 0 radical (unpaired) electrons. The maximum atomic E-state index is 13.8. The molecule has 0 aliphatic carbocycles. The van der Waals surface area contributed by atoms with Crippen molar-refractivity contribution in [3.8, 4) is 0 Å². The third-order valence-electron chi connectivity index (χ3n) is 2.44. The first-order valence-corrected chi connectivity index (χ1v) is 7.62. The maximum absolute atomic E-state index is 13.8. The fourth-order valence-electron chi connectivity index (χ4n) is 1.24. The number of nitrogens with zero attached hydrogens (tertiary/aromatic N) is 1. The standard InChI is InChI=1S/C10H12BrFN2O5S/c1-6(19-2)5-13-20(17,18)9-4-7(14(15)16)3-8(11)10(9)12/h3-4,6,13H,5H2,1-2H3. The Bertz CT molecular complexity index is 622. The van der Waals surface area contributed by atoms with Crippen molar-refractivity contribution in [2.24, 2.45) is 0 Å². The van der Waals surface area contributed by atoms with Crippen LogP contribution in [0, 0.1) is 15.9 Å². The molecule has 1 aromatic rings. The van der Waals surface area contributed by atoms with Crippen molar-refractivity contribution < 1.29 is 22.5 Å². The topological polar surface area (TPSA) is 98.5 Å². The molecule has 1 unspecified atom stereocenters. The molecular formula is C10H12BrFN2O5S. The van der Waals surface area contributed by atoms with Crippen LogP contribution in [0.25, 0.3) is 0 Å². The number of rotatable bonds is 6. The van der Waals surface area contributed by atoms with E-state index in [4.69, 9.17) is 4.74 Å². The Kier molecular flexibility index (Phi) is 5.57. The number of ether oxygens (including phenoxy) is 1. The number of benzene rings is 1. The monoisotopic (exact) mass is 370 g/mol. The second-order valence-electron chi connectivity index (χ2n) is 3.90. The van der Waals surface area contributed by atoms with Crippen LogP contribution in [0.1, 0.15) is 6.92 Å². The summed E-state index contributed by atoms with van der Waals surface area (Å²) in [5, 5.41) is 10.7. The van der Waals surface area contributed by atoms with Gasteiger partial charge in [0, 0.05) is 25.8 Å². The molecule has 0 saturated carbocycles. The highest BCUT2D eigenvalue weighted by Crippen LogP contribution is 2.28. The molecule has 1 aromatic carbocycles. The summed E-state index contributed by atoms with van der Waals surface area (Å²) >= 11 is 2.76. The molecule has 0 amide bonds. The van der Waals surface area contributed by atoms with Gasteiger partial charge in [-0.2, -0.15) is 0 Å². The lowest BCUT2D eigenvalue weighted by molar-refractivity contribution is -0.385. The highest BCUT2D eigenvalue weighted by molar-refractivity contribution is 9.10. The van der Waals surface area contributed by atoms with Gasteiger partial charge in [-0.25, -0.2) is 17.5 Å². The molecule has 0 heterocycles. The molecule has 10 heteroatoms. The third-order valence-corrected chi connectivity index (χ3v) is 4.44. The fraction of sp³-hybridized carbons (Fsp3) is 0.400. The quantitative estimate of drug-likeness (QED) is 0.608. The average molecular weight is 371 g/mol. The van der Waals surface area contributed by atoms with E-state index in [-0.39, 0.29) is 11.0 Å². The van der Waals surface area contributed by atoms with Gasteiger partial charge in [0.25, 0.3) is 5.69 Å². The molecular weight excluding hydrogens is 359 g/mol. The van der Waals surface area contributed by atoms with Crippen LogP contribution in [0.4, 0.5) is 10.1 Å². The summed E-state index contributed by atoms with van der Waals surface area (Å²) in [5.74, 6) is -1.09. The molecule has 0 aliphatic heterocycles. The Hall–Kier alpha value is -1.10. The van der Waals surface area contributed by atoms with Gasteiger partial charge in [-0.1, -0.05) is 0 Å². The number of sulfonamides is 1. The largest absolute Gasteiger partial charge is 0.380 e. The van der Waals surface area contributed by atoms with Crippen molar-refractivity contribution in [2.45, 2.75) is 17.9 Å². The molecule has 1 rings (SSSR count). The van der Waals surface area contributed by atoms with Crippen LogP contribution in [-0.2, 0) is 14.8 Å². The number of nitro benzene ring substituents is 1. The molecule has 0 spiro atoms. The Balaban J connectivity index is 3.20. The van der Waals surface area contributed by atoms with Gasteiger partial charge in [-0.3, -0.25) is 10.1 Å². The minimum absolute atomic E-state index is 0.0847. The van der Waals surface area contributed by atoms with Gasteiger partial charge in [0.05, 0.1) is 15.5 Å². The number of hydrogen-bond donors (Lipinski definition) is 1. The van der Waals surface area contributed by atoms with Crippen molar-refractivity contribution in [3.63, 3.8) is 0 Å². The van der Waals surface area contributed by atoms with Gasteiger partial charge in [-0.05, 0) is 22.9 Å². The Morgan fingerprint density at radius 2 is 2.15 bits per heavy atom. The summed E-state index contributed by atoms with van der Waals surface area (Å²) in [6.07, 6.45) is -0.421. The first-order chi connectivity index (χ1) is 9.19. The van der Waals surface area contributed by atoms with Gasteiger partial charge >= 0.3 is 0 Å². The fourth-order valence-corrected chi connectivity index (χ4v) is 3.05. The predicted molar refractivity (Wildman–Crippen MR) is 72.4 cm³/mol. The van der Waals surface area contributed by atoms with Crippen molar-refractivity contribution in [3.05, 3.63) is 32.5 Å². The van der Waals surface area contributed by atoms with E-state index in [1.54, 1.807) is 6.92 Å². The molecule has 0 aliphatic rings. The highest BCUT2D eigenvalue weighted by Gasteiger charge is 2.25. The molecule has 1 atom stereocenters. The first kappa shape index (κ1) is 17.0. The van der Waals surface area contributed by atoms with E-state index in [1.165, 1.54) is 7.11 Å². The van der Waals surface area contributed by atoms with Crippen molar-refractivity contribution >= 4 is 31.6 Å². The van der Waals surface area contributed by atoms with E-state index in [0.717, 1.165) is 6.07 Å². The number of halogens is 2. The molecule has 1 N–H and O–H groups in total. The van der Waals surface area contributed by atoms with Crippen LogP contribution in [0.2, 0.25) is 0 Å². The molecule has 0 fully saturated rings. The number of nitrogens with one attached hydrogen (secondary N) is 1. The van der Waals surface area contributed by atoms with E-state index in [1.807, 2.05) is 0 Å². The average Bonchev–Trinajstić information content (AvgIpc) is 2.38. The molecule has 20 heavy (non-hydrogen) atoms. The number of non-ortho nitro benzene ring substituents is 1. The maximum Gasteiger partial charge on any atom is 0.272 e. The van der Waals surface area contributed by atoms with Gasteiger partial charge in [0.1, 0.15) is 4.90 Å². The lowest BCUT2D eigenvalue weighted by Crippen LogP contribution is -2.32. The number of nitro groups is 1. The summed E-state index contributed by atoms with van der Waals surface area (Å²) in [6, 6.07) is 1.56. The summed E-state index contributed by atoms with van der Waals surface area (Å²) < 4.78 is 44.4. The van der Waals surface area contributed by atoms with Crippen LogP contribution in [0.15, 0.2) is 21.5 Å². The lowest BCUT2D eigenvalue weighted by Gasteiger charge is -2.12. The smallest absolute Gasteiger partial charge is 0.272 e. The summed E-state index contributed by atoms with van der Waals surface area (Å²) in [5.41, 5.74) is -0.529. The Morgan fingerprint density at radius 3 is 2.65 bits per heavy atom. The van der Waals surface area contributed by atoms with Crippen molar-refractivity contribution in [1.82, 2.24) is 4.72 Å². The zero-order valence-electron chi connectivity index (χ0n) is 10.6. The Labute approximate surface area is 123 Å². The van der Waals surface area contributed by atoms with Gasteiger partial charge < -0.3 is 4.74 Å². The SMILES string of the molecule is COC(C)CNS(=O)(=O)c1cc([N+](=O)[O-])cc(Br)c1F. The van der Waals surface area contributed by atoms with Gasteiger partial charge in [0.15, 0.2) is 5.82 Å². The van der Waals surface area contributed by atoms with E-state index < -0.39 is 37.5 Å². The highest BCUT2D eigenvalue weighted by atomic mass is 79.9. The normalized spacial score (nSPS) is 13.2. The molecule has 0 saturated heterocycles. The number of methoxy groups -OCH3 is 1. The van der Waals surface area contributed by atoms with Crippen molar-refractivity contribution in [2.75, 3.05) is 13.7 Å². The van der Waals surface area contributed by atoms with Gasteiger partial charge in [0.2, 0.25) is 10.0 Å². The zero-order chi connectivity index (χ0) is 15.5. The Morgan fingerprint density at radius 1 is 1.55 bits per heavy atom. The van der Waals surface area contributed by atoms with Gasteiger partial charge in [-0.15, -0.1) is 0 Å². The minimum Gasteiger partial charge on any atom is -0.380 e. The van der Waals surface area contributed by atoms with Crippen LogP contribution < -0.4 is 4.72 Å². The molecule has 112 valence electrons. The van der Waals surface area contributed by atoms with Crippen LogP contribution in [0.3, 0.4) is 0 Å². The summed E-state index contributed by atoms with van der Waals surface area (Å²) in [7, 11) is -2.82.